The Kier molecular flexibility index (Phi) is 3.14. The van der Waals surface area contributed by atoms with E-state index >= 15 is 0 Å². The predicted octanol–water partition coefficient (Wildman–Crippen LogP) is 1.27. The van der Waals surface area contributed by atoms with E-state index in [1.165, 1.54) is 0 Å². The highest BCUT2D eigenvalue weighted by molar-refractivity contribution is 6.00. The Morgan fingerprint density at radius 3 is 3.00 bits per heavy atom. The molecular weight excluding hydrogens is 258 g/mol. The number of carboxylic acids is 1. The molecular formula is C14H15N3O3. The number of pyridine rings is 1. The van der Waals surface area contributed by atoms with E-state index in [0.29, 0.717) is 18.5 Å². The largest absolute Gasteiger partial charge is 0.481 e. The molecule has 20 heavy (non-hydrogen) atoms. The third-order valence-electron chi connectivity index (χ3n) is 3.71. The van der Waals surface area contributed by atoms with Gasteiger partial charge in [0.05, 0.1) is 23.2 Å². The molecule has 1 N–H and O–H groups in total. The summed E-state index contributed by atoms with van der Waals surface area (Å²) in [5.74, 6) is -1.44. The summed E-state index contributed by atoms with van der Waals surface area (Å²) >= 11 is 0. The first kappa shape index (κ1) is 12.7. The van der Waals surface area contributed by atoms with Crippen LogP contribution in [0, 0.1) is 5.92 Å². The van der Waals surface area contributed by atoms with Gasteiger partial charge in [0.15, 0.2) is 0 Å². The van der Waals surface area contributed by atoms with Gasteiger partial charge in [0.25, 0.3) is 5.91 Å². The molecule has 3 rings (SSSR count). The Balaban J connectivity index is 1.87. The molecule has 1 aliphatic heterocycles. The van der Waals surface area contributed by atoms with Crippen LogP contribution in [0.3, 0.4) is 0 Å². The molecule has 0 spiro atoms. The van der Waals surface area contributed by atoms with Crippen molar-refractivity contribution < 1.29 is 14.7 Å². The van der Waals surface area contributed by atoms with Crippen molar-refractivity contribution in [3.05, 3.63) is 36.2 Å². The monoisotopic (exact) mass is 273 g/mol. The molecule has 6 nitrogen and oxygen atoms in total. The maximum absolute atomic E-state index is 12.5. The quantitative estimate of drug-likeness (QED) is 0.894. The van der Waals surface area contributed by atoms with E-state index in [1.807, 2.05) is 18.2 Å². The molecule has 3 heterocycles. The molecule has 0 radical (unpaired) electrons. The van der Waals surface area contributed by atoms with Gasteiger partial charge in [0, 0.05) is 19.3 Å². The zero-order valence-electron chi connectivity index (χ0n) is 10.9. The minimum atomic E-state index is -0.831. The van der Waals surface area contributed by atoms with E-state index in [-0.39, 0.29) is 12.5 Å². The van der Waals surface area contributed by atoms with Crippen LogP contribution in [-0.4, -0.2) is 44.6 Å². The predicted molar refractivity (Wildman–Crippen MR) is 71.5 cm³/mol. The molecule has 0 bridgehead atoms. The number of hydrogen-bond donors (Lipinski definition) is 1. The first-order valence-electron chi connectivity index (χ1n) is 6.61. The summed E-state index contributed by atoms with van der Waals surface area (Å²) in [4.78, 5) is 25.2. The number of aromatic nitrogens is 2. The van der Waals surface area contributed by atoms with Crippen LogP contribution in [-0.2, 0) is 4.79 Å². The van der Waals surface area contributed by atoms with E-state index in [2.05, 4.69) is 5.10 Å². The lowest BCUT2D eigenvalue weighted by atomic mass is 9.98. The van der Waals surface area contributed by atoms with Crippen molar-refractivity contribution in [1.82, 2.24) is 14.5 Å². The second-order valence-corrected chi connectivity index (χ2v) is 5.02. The fourth-order valence-corrected chi connectivity index (χ4v) is 2.63. The lowest BCUT2D eigenvalue weighted by Crippen LogP contribution is -2.42. The Labute approximate surface area is 115 Å². The van der Waals surface area contributed by atoms with Crippen molar-refractivity contribution in [3.8, 4) is 0 Å². The molecule has 0 aliphatic carbocycles. The van der Waals surface area contributed by atoms with E-state index < -0.39 is 11.9 Å². The molecule has 1 amide bonds. The van der Waals surface area contributed by atoms with E-state index in [0.717, 1.165) is 11.9 Å². The molecule has 1 atom stereocenters. The van der Waals surface area contributed by atoms with Gasteiger partial charge in [0.2, 0.25) is 0 Å². The van der Waals surface area contributed by atoms with Gasteiger partial charge < -0.3 is 10.0 Å². The Morgan fingerprint density at radius 1 is 1.35 bits per heavy atom. The smallest absolute Gasteiger partial charge is 0.308 e. The molecule has 1 fully saturated rings. The second-order valence-electron chi connectivity index (χ2n) is 5.02. The summed E-state index contributed by atoms with van der Waals surface area (Å²) in [5.41, 5.74) is 1.27. The highest BCUT2D eigenvalue weighted by Crippen LogP contribution is 2.20. The summed E-state index contributed by atoms with van der Waals surface area (Å²) in [6, 6.07) is 5.53. The zero-order chi connectivity index (χ0) is 14.1. The number of rotatable bonds is 2. The number of amides is 1. The van der Waals surface area contributed by atoms with Gasteiger partial charge in [0.1, 0.15) is 0 Å². The van der Waals surface area contributed by atoms with Crippen LogP contribution in [0.25, 0.3) is 5.52 Å². The highest BCUT2D eigenvalue weighted by atomic mass is 16.4. The summed E-state index contributed by atoms with van der Waals surface area (Å²) in [5, 5.41) is 13.2. The van der Waals surface area contributed by atoms with E-state index in [1.54, 1.807) is 21.8 Å². The van der Waals surface area contributed by atoms with Crippen molar-refractivity contribution in [3.63, 3.8) is 0 Å². The van der Waals surface area contributed by atoms with Crippen LogP contribution in [0.5, 0.6) is 0 Å². The molecule has 1 aliphatic rings. The average molecular weight is 273 g/mol. The van der Waals surface area contributed by atoms with Crippen LogP contribution >= 0.6 is 0 Å². The average Bonchev–Trinajstić information content (AvgIpc) is 2.90. The Morgan fingerprint density at radius 2 is 2.20 bits per heavy atom. The van der Waals surface area contributed by atoms with Crippen molar-refractivity contribution >= 4 is 17.4 Å². The topological polar surface area (TPSA) is 74.9 Å². The minimum Gasteiger partial charge on any atom is -0.481 e. The van der Waals surface area contributed by atoms with Gasteiger partial charge in [-0.3, -0.25) is 9.59 Å². The summed E-state index contributed by atoms with van der Waals surface area (Å²) in [7, 11) is 0. The van der Waals surface area contributed by atoms with Crippen LogP contribution in [0.4, 0.5) is 0 Å². The first-order chi connectivity index (χ1) is 9.66. The van der Waals surface area contributed by atoms with Gasteiger partial charge >= 0.3 is 5.97 Å². The molecule has 6 heteroatoms. The molecule has 0 unspecified atom stereocenters. The maximum Gasteiger partial charge on any atom is 0.308 e. The number of hydrogen-bond acceptors (Lipinski definition) is 3. The number of aliphatic carboxylic acids is 1. The maximum atomic E-state index is 12.5. The molecule has 0 aromatic carbocycles. The van der Waals surface area contributed by atoms with Gasteiger partial charge in [-0.2, -0.15) is 5.10 Å². The number of likely N-dealkylation sites (tertiary alicyclic amines) is 1. The standard InChI is InChI=1S/C14H15N3O3/c18-13(16-6-3-4-10(9-16)14(19)20)11-8-15-17-7-2-1-5-12(11)17/h1-2,5,7-8,10H,3-4,6,9H2,(H,19,20)/t10-/m1/s1. The summed E-state index contributed by atoms with van der Waals surface area (Å²) in [6.07, 6.45) is 4.68. The van der Waals surface area contributed by atoms with Gasteiger partial charge in [-0.05, 0) is 25.0 Å². The number of piperidine rings is 1. The number of carbonyl (C=O) groups excluding carboxylic acids is 1. The van der Waals surface area contributed by atoms with E-state index in [9.17, 15) is 9.59 Å². The fraction of sp³-hybridized carbons (Fsp3) is 0.357. The van der Waals surface area contributed by atoms with Crippen molar-refractivity contribution in [2.24, 2.45) is 5.92 Å². The third kappa shape index (κ3) is 2.13. The number of fused-ring (bicyclic) bond motifs is 1. The van der Waals surface area contributed by atoms with Crippen molar-refractivity contribution in [2.45, 2.75) is 12.8 Å². The zero-order valence-corrected chi connectivity index (χ0v) is 10.9. The van der Waals surface area contributed by atoms with Crippen LogP contribution in [0.15, 0.2) is 30.6 Å². The molecule has 1 saturated heterocycles. The molecule has 2 aromatic heterocycles. The first-order valence-corrected chi connectivity index (χ1v) is 6.61. The number of carbonyl (C=O) groups is 2. The molecule has 2 aromatic rings. The number of carboxylic acid groups (broad SMARTS) is 1. The second kappa shape index (κ2) is 4.96. The lowest BCUT2D eigenvalue weighted by molar-refractivity contribution is -0.143. The van der Waals surface area contributed by atoms with E-state index in [4.69, 9.17) is 5.11 Å². The Bertz CT molecular complexity index is 664. The summed E-state index contributed by atoms with van der Waals surface area (Å²) < 4.78 is 1.64. The third-order valence-corrected chi connectivity index (χ3v) is 3.71. The SMILES string of the molecule is O=C(O)[C@@H]1CCCN(C(=O)c2cnn3ccccc23)C1. The minimum absolute atomic E-state index is 0.142. The Hall–Kier alpha value is -2.37. The van der Waals surface area contributed by atoms with Gasteiger partial charge in [-0.25, -0.2) is 4.52 Å². The molecule has 104 valence electrons. The van der Waals surface area contributed by atoms with Crippen molar-refractivity contribution in [2.75, 3.05) is 13.1 Å². The normalized spacial score (nSPS) is 19.2. The van der Waals surface area contributed by atoms with Gasteiger partial charge in [-0.15, -0.1) is 0 Å². The lowest BCUT2D eigenvalue weighted by Gasteiger charge is -2.30. The highest BCUT2D eigenvalue weighted by Gasteiger charge is 2.29. The van der Waals surface area contributed by atoms with Crippen molar-refractivity contribution in [1.29, 1.82) is 0 Å². The molecule has 0 saturated carbocycles. The van der Waals surface area contributed by atoms with Gasteiger partial charge in [-0.1, -0.05) is 6.07 Å². The fourth-order valence-electron chi connectivity index (χ4n) is 2.63. The van der Waals surface area contributed by atoms with Crippen LogP contribution in [0.1, 0.15) is 23.2 Å². The number of nitrogens with zero attached hydrogens (tertiary/aromatic N) is 3. The summed E-state index contributed by atoms with van der Waals surface area (Å²) in [6.45, 7) is 0.880. The van der Waals surface area contributed by atoms with Crippen LogP contribution < -0.4 is 0 Å². The van der Waals surface area contributed by atoms with Crippen LogP contribution in [0.2, 0.25) is 0 Å².